The van der Waals surface area contributed by atoms with E-state index in [2.05, 4.69) is 18.3 Å². The Morgan fingerprint density at radius 3 is 2.80 bits per heavy atom. The molecule has 1 aromatic heterocycles. The fourth-order valence-corrected chi connectivity index (χ4v) is 5.06. The molecule has 4 heteroatoms. The number of halogens is 1. The molecule has 3 rings (SSSR count). The summed E-state index contributed by atoms with van der Waals surface area (Å²) in [6, 6.07) is 4.75. The van der Waals surface area contributed by atoms with Crippen LogP contribution in [0.25, 0.3) is 0 Å². The van der Waals surface area contributed by atoms with Crippen LogP contribution in [-0.4, -0.2) is 18.8 Å². The summed E-state index contributed by atoms with van der Waals surface area (Å²) < 4.78 is 6.88. The van der Waals surface area contributed by atoms with Gasteiger partial charge in [-0.05, 0) is 38.3 Å². The van der Waals surface area contributed by atoms with E-state index in [0.717, 1.165) is 17.5 Å². The van der Waals surface area contributed by atoms with E-state index in [1.165, 1.54) is 43.4 Å². The summed E-state index contributed by atoms with van der Waals surface area (Å²) in [5, 5.41) is 3.77. The van der Waals surface area contributed by atoms with Crippen molar-refractivity contribution in [2.75, 3.05) is 6.61 Å². The Hall–Kier alpha value is -0.0900. The molecule has 0 saturated heterocycles. The lowest BCUT2D eigenvalue weighted by Gasteiger charge is -2.58. The highest BCUT2D eigenvalue weighted by Crippen LogP contribution is 2.53. The van der Waals surface area contributed by atoms with Gasteiger partial charge in [0, 0.05) is 29.5 Å². The lowest BCUT2D eigenvalue weighted by Crippen LogP contribution is -2.64. The smallest absolute Gasteiger partial charge is 0.0931 e. The van der Waals surface area contributed by atoms with Crippen LogP contribution in [0.5, 0.6) is 0 Å². The zero-order chi connectivity index (χ0) is 14.0. The maximum absolute atomic E-state index is 6.00. The van der Waals surface area contributed by atoms with E-state index in [0.29, 0.717) is 17.6 Å². The Bertz CT molecular complexity index is 441. The molecule has 0 aromatic carbocycles. The largest absolute Gasteiger partial charge is 0.378 e. The van der Waals surface area contributed by atoms with Crippen molar-refractivity contribution in [2.45, 2.75) is 64.1 Å². The van der Waals surface area contributed by atoms with Crippen LogP contribution >= 0.6 is 22.9 Å². The van der Waals surface area contributed by atoms with Gasteiger partial charge in [0.1, 0.15) is 0 Å². The van der Waals surface area contributed by atoms with Crippen LogP contribution in [-0.2, 0) is 11.3 Å². The molecule has 0 aliphatic heterocycles. The third kappa shape index (κ3) is 2.78. The zero-order valence-corrected chi connectivity index (χ0v) is 13.7. The van der Waals surface area contributed by atoms with E-state index >= 15 is 0 Å². The molecule has 1 spiro atoms. The minimum absolute atomic E-state index is 0.412. The first-order valence-corrected chi connectivity index (χ1v) is 9.03. The fraction of sp³-hybridized carbons (Fsp3) is 0.750. The van der Waals surface area contributed by atoms with Crippen LogP contribution in [0.15, 0.2) is 12.1 Å². The van der Waals surface area contributed by atoms with Gasteiger partial charge < -0.3 is 10.1 Å². The maximum atomic E-state index is 6.00. The van der Waals surface area contributed by atoms with Crippen molar-refractivity contribution in [3.63, 3.8) is 0 Å². The zero-order valence-electron chi connectivity index (χ0n) is 12.2. The Morgan fingerprint density at radius 2 is 2.15 bits per heavy atom. The van der Waals surface area contributed by atoms with Crippen molar-refractivity contribution >= 4 is 22.9 Å². The monoisotopic (exact) mass is 313 g/mol. The molecule has 2 aliphatic rings. The SMILES string of the molecule is CCOC1CC(NCc2ccc(Cl)s2)C12CCCCC2. The van der Waals surface area contributed by atoms with Gasteiger partial charge in [0.25, 0.3) is 0 Å². The average Bonchev–Trinajstić information content (AvgIpc) is 2.88. The van der Waals surface area contributed by atoms with Crippen LogP contribution < -0.4 is 5.32 Å². The highest BCUT2D eigenvalue weighted by Gasteiger charge is 2.55. The Labute approximate surface area is 130 Å². The van der Waals surface area contributed by atoms with E-state index in [4.69, 9.17) is 16.3 Å². The molecule has 2 saturated carbocycles. The van der Waals surface area contributed by atoms with Gasteiger partial charge in [-0.25, -0.2) is 0 Å². The minimum Gasteiger partial charge on any atom is -0.378 e. The quantitative estimate of drug-likeness (QED) is 0.856. The predicted molar refractivity (Wildman–Crippen MR) is 85.5 cm³/mol. The van der Waals surface area contributed by atoms with E-state index in [1.807, 2.05) is 6.07 Å². The lowest BCUT2D eigenvalue weighted by molar-refractivity contribution is -0.150. The van der Waals surface area contributed by atoms with Crippen LogP contribution in [0.2, 0.25) is 4.34 Å². The predicted octanol–water partition coefficient (Wildman–Crippen LogP) is 4.62. The molecular weight excluding hydrogens is 290 g/mol. The summed E-state index contributed by atoms with van der Waals surface area (Å²) in [6.45, 7) is 3.91. The number of nitrogens with one attached hydrogen (secondary N) is 1. The van der Waals surface area contributed by atoms with Gasteiger partial charge in [-0.15, -0.1) is 11.3 Å². The van der Waals surface area contributed by atoms with Gasteiger partial charge in [0.2, 0.25) is 0 Å². The topological polar surface area (TPSA) is 21.3 Å². The molecule has 112 valence electrons. The average molecular weight is 314 g/mol. The normalized spacial score (nSPS) is 28.5. The molecule has 2 nitrogen and oxygen atoms in total. The molecule has 1 N–H and O–H groups in total. The summed E-state index contributed by atoms with van der Waals surface area (Å²) in [4.78, 5) is 1.33. The first-order valence-electron chi connectivity index (χ1n) is 7.84. The molecular formula is C16H24ClNOS. The Kier molecular flexibility index (Phi) is 4.71. The summed E-state index contributed by atoms with van der Waals surface area (Å²) in [5.41, 5.74) is 0.412. The number of rotatable bonds is 5. The van der Waals surface area contributed by atoms with Gasteiger partial charge in [-0.2, -0.15) is 0 Å². The first kappa shape index (κ1) is 14.8. The summed E-state index contributed by atoms with van der Waals surface area (Å²) >= 11 is 7.68. The summed E-state index contributed by atoms with van der Waals surface area (Å²) in [7, 11) is 0. The van der Waals surface area contributed by atoms with Gasteiger partial charge in [-0.3, -0.25) is 0 Å². The Morgan fingerprint density at radius 1 is 1.35 bits per heavy atom. The molecule has 2 unspecified atom stereocenters. The minimum atomic E-state index is 0.412. The van der Waals surface area contributed by atoms with Gasteiger partial charge in [-0.1, -0.05) is 30.9 Å². The number of hydrogen-bond donors (Lipinski definition) is 1. The van der Waals surface area contributed by atoms with E-state index in [-0.39, 0.29) is 0 Å². The third-order valence-corrected chi connectivity index (χ3v) is 6.32. The highest BCUT2D eigenvalue weighted by molar-refractivity contribution is 7.16. The van der Waals surface area contributed by atoms with Crippen molar-refractivity contribution in [1.29, 1.82) is 0 Å². The summed E-state index contributed by atoms with van der Waals surface area (Å²) in [5.74, 6) is 0. The summed E-state index contributed by atoms with van der Waals surface area (Å²) in [6.07, 6.45) is 8.46. The van der Waals surface area contributed by atoms with Gasteiger partial charge >= 0.3 is 0 Å². The van der Waals surface area contributed by atoms with Crippen molar-refractivity contribution in [3.8, 4) is 0 Å². The molecule has 2 fully saturated rings. The first-order chi connectivity index (χ1) is 9.74. The van der Waals surface area contributed by atoms with Crippen molar-refractivity contribution in [1.82, 2.24) is 5.32 Å². The molecule has 0 amide bonds. The van der Waals surface area contributed by atoms with Crippen molar-refractivity contribution in [2.24, 2.45) is 5.41 Å². The third-order valence-electron chi connectivity index (χ3n) is 5.09. The molecule has 1 aromatic rings. The van der Waals surface area contributed by atoms with Crippen molar-refractivity contribution < 1.29 is 4.74 Å². The van der Waals surface area contributed by atoms with Crippen molar-refractivity contribution in [3.05, 3.63) is 21.3 Å². The second-order valence-corrected chi connectivity index (χ2v) is 7.91. The molecule has 0 radical (unpaired) electrons. The van der Waals surface area contributed by atoms with E-state index in [1.54, 1.807) is 11.3 Å². The van der Waals surface area contributed by atoms with Crippen LogP contribution in [0.1, 0.15) is 50.3 Å². The number of ether oxygens (including phenoxy) is 1. The number of hydrogen-bond acceptors (Lipinski definition) is 3. The second-order valence-electron chi connectivity index (χ2n) is 6.11. The van der Waals surface area contributed by atoms with E-state index in [9.17, 15) is 0 Å². The maximum Gasteiger partial charge on any atom is 0.0931 e. The van der Waals surface area contributed by atoms with Gasteiger partial charge in [0.05, 0.1) is 10.4 Å². The Balaban J connectivity index is 1.61. The van der Waals surface area contributed by atoms with Crippen LogP contribution in [0, 0.1) is 5.41 Å². The van der Waals surface area contributed by atoms with Crippen LogP contribution in [0.4, 0.5) is 0 Å². The van der Waals surface area contributed by atoms with Gasteiger partial charge in [0.15, 0.2) is 0 Å². The highest BCUT2D eigenvalue weighted by atomic mass is 35.5. The van der Waals surface area contributed by atoms with Crippen LogP contribution in [0.3, 0.4) is 0 Å². The second kappa shape index (κ2) is 6.35. The molecule has 2 atom stereocenters. The molecule has 1 heterocycles. The molecule has 2 aliphatic carbocycles. The molecule has 0 bridgehead atoms. The standard InChI is InChI=1S/C16H24ClNOS/c1-2-19-14-10-13(16(14)8-4-3-5-9-16)18-11-12-6-7-15(17)20-12/h6-7,13-14,18H,2-5,8-11H2,1H3. The fourth-order valence-electron chi connectivity index (χ4n) is 4.02. The lowest BCUT2D eigenvalue weighted by atomic mass is 9.55. The molecule has 20 heavy (non-hydrogen) atoms. The number of thiophene rings is 1. The van der Waals surface area contributed by atoms with E-state index < -0.39 is 0 Å².